The fourth-order valence-electron chi connectivity index (χ4n) is 2.12. The summed E-state index contributed by atoms with van der Waals surface area (Å²) in [6, 6.07) is 0.880. The number of pyridine rings is 1. The molecule has 0 bridgehead atoms. The highest BCUT2D eigenvalue weighted by Gasteiger charge is 2.13. The van der Waals surface area contributed by atoms with Crippen LogP contribution in [0, 0.1) is 11.6 Å². The molecule has 1 aliphatic rings. The average Bonchev–Trinajstić information content (AvgIpc) is 2.49. The molecule has 1 fully saturated rings. The lowest BCUT2D eigenvalue weighted by molar-refractivity contribution is 0.314. The van der Waals surface area contributed by atoms with Gasteiger partial charge in [-0.25, -0.2) is 13.8 Å². The number of anilines is 2. The van der Waals surface area contributed by atoms with E-state index in [0.717, 1.165) is 43.6 Å². The maximum absolute atomic E-state index is 13.7. The summed E-state index contributed by atoms with van der Waals surface area (Å²) in [7, 11) is 0. The second-order valence-electron chi connectivity index (χ2n) is 4.96. The van der Waals surface area contributed by atoms with Gasteiger partial charge in [0.1, 0.15) is 0 Å². The van der Waals surface area contributed by atoms with Crippen molar-refractivity contribution in [3.63, 3.8) is 0 Å². The Balaban J connectivity index is 1.88. The molecular weight excluding hydrogens is 294 g/mol. The minimum atomic E-state index is -0.653. The van der Waals surface area contributed by atoms with Crippen molar-refractivity contribution in [2.24, 2.45) is 0 Å². The van der Waals surface area contributed by atoms with E-state index in [9.17, 15) is 8.78 Å². The van der Waals surface area contributed by atoms with Gasteiger partial charge < -0.3 is 10.6 Å². The van der Waals surface area contributed by atoms with Crippen molar-refractivity contribution in [1.82, 2.24) is 9.88 Å². The van der Waals surface area contributed by atoms with E-state index in [4.69, 9.17) is 0 Å². The van der Waals surface area contributed by atoms with E-state index in [0.29, 0.717) is 13.1 Å². The van der Waals surface area contributed by atoms with E-state index in [1.165, 1.54) is 0 Å². The molecule has 2 rings (SSSR count). The van der Waals surface area contributed by atoms with E-state index < -0.39 is 11.6 Å². The lowest BCUT2D eigenvalue weighted by Crippen LogP contribution is -2.36. The van der Waals surface area contributed by atoms with Gasteiger partial charge in [0, 0.05) is 50.3 Å². The third kappa shape index (κ3) is 5.00. The van der Waals surface area contributed by atoms with E-state index in [1.807, 2.05) is 18.7 Å². The zero-order valence-electron chi connectivity index (χ0n) is 12.3. The second-order valence-corrected chi connectivity index (χ2v) is 6.18. The molecule has 0 atom stereocenters. The van der Waals surface area contributed by atoms with Gasteiger partial charge in [0.15, 0.2) is 23.3 Å². The molecule has 21 heavy (non-hydrogen) atoms. The van der Waals surface area contributed by atoms with Gasteiger partial charge in [-0.2, -0.15) is 11.8 Å². The van der Waals surface area contributed by atoms with Crippen molar-refractivity contribution in [1.29, 1.82) is 0 Å². The number of nitrogens with one attached hydrogen (secondary N) is 2. The Morgan fingerprint density at radius 2 is 1.76 bits per heavy atom. The zero-order chi connectivity index (χ0) is 15.1. The first-order chi connectivity index (χ1) is 10.2. The van der Waals surface area contributed by atoms with Crippen LogP contribution in [0.4, 0.5) is 20.4 Å². The Morgan fingerprint density at radius 3 is 2.38 bits per heavy atom. The van der Waals surface area contributed by atoms with Crippen molar-refractivity contribution in [3.05, 3.63) is 17.7 Å². The van der Waals surface area contributed by atoms with Gasteiger partial charge in [0.05, 0.1) is 0 Å². The summed E-state index contributed by atoms with van der Waals surface area (Å²) in [5, 5.41) is 5.83. The number of nitrogens with zero attached hydrogens (tertiary/aromatic N) is 2. The molecule has 1 saturated heterocycles. The van der Waals surface area contributed by atoms with Crippen molar-refractivity contribution in [2.45, 2.75) is 13.3 Å². The van der Waals surface area contributed by atoms with E-state index in [1.54, 1.807) is 0 Å². The Hall–Kier alpha value is -1.08. The fourth-order valence-corrected chi connectivity index (χ4v) is 3.09. The van der Waals surface area contributed by atoms with Gasteiger partial charge in [-0.15, -0.1) is 0 Å². The van der Waals surface area contributed by atoms with Crippen LogP contribution in [0.25, 0.3) is 0 Å². The van der Waals surface area contributed by atoms with Crippen LogP contribution in [0.5, 0.6) is 0 Å². The number of thioether (sulfide) groups is 1. The molecule has 0 amide bonds. The number of aromatic nitrogens is 1. The Bertz CT molecular complexity index is 453. The van der Waals surface area contributed by atoms with Crippen LogP contribution in [0.2, 0.25) is 0 Å². The lowest BCUT2D eigenvalue weighted by Gasteiger charge is -2.26. The Kier molecular flexibility index (Phi) is 6.50. The maximum atomic E-state index is 13.7. The predicted molar refractivity (Wildman–Crippen MR) is 85.2 cm³/mol. The normalized spacial score (nSPS) is 16.0. The third-order valence-electron chi connectivity index (χ3n) is 3.30. The molecule has 0 unspecified atom stereocenters. The van der Waals surface area contributed by atoms with Crippen LogP contribution in [-0.4, -0.2) is 54.1 Å². The average molecular weight is 316 g/mol. The van der Waals surface area contributed by atoms with Crippen LogP contribution in [0.3, 0.4) is 0 Å². The SMILES string of the molecule is CCCNc1nc(NCCN2CCSCC2)c(F)cc1F. The van der Waals surface area contributed by atoms with Gasteiger partial charge in [0.2, 0.25) is 0 Å². The molecule has 0 aliphatic carbocycles. The molecule has 2 N–H and O–H groups in total. The number of hydrogen-bond donors (Lipinski definition) is 2. The smallest absolute Gasteiger partial charge is 0.168 e. The first-order valence-corrected chi connectivity index (χ1v) is 8.50. The van der Waals surface area contributed by atoms with Gasteiger partial charge in [0.25, 0.3) is 0 Å². The van der Waals surface area contributed by atoms with Crippen LogP contribution in [0.1, 0.15) is 13.3 Å². The molecule has 0 radical (unpaired) electrons. The Labute approximate surface area is 128 Å². The molecule has 0 spiro atoms. The lowest BCUT2D eigenvalue weighted by atomic mass is 10.3. The molecule has 118 valence electrons. The molecule has 1 aromatic heterocycles. The molecule has 1 aliphatic heterocycles. The highest BCUT2D eigenvalue weighted by molar-refractivity contribution is 7.99. The van der Waals surface area contributed by atoms with Crippen LogP contribution < -0.4 is 10.6 Å². The van der Waals surface area contributed by atoms with E-state index in [-0.39, 0.29) is 11.6 Å². The largest absolute Gasteiger partial charge is 0.368 e. The summed E-state index contributed by atoms with van der Waals surface area (Å²) >= 11 is 1.96. The number of hydrogen-bond acceptors (Lipinski definition) is 5. The highest BCUT2D eigenvalue weighted by Crippen LogP contribution is 2.19. The van der Waals surface area contributed by atoms with Crippen LogP contribution in [0.15, 0.2) is 6.07 Å². The molecule has 0 aromatic carbocycles. The second kappa shape index (κ2) is 8.38. The van der Waals surface area contributed by atoms with Gasteiger partial charge in [-0.05, 0) is 6.42 Å². The standard InChI is InChI=1S/C14H22F2N4S/c1-2-3-17-13-11(15)10-12(16)14(19-13)18-4-5-20-6-8-21-9-7-20/h10H,2-9H2,1H3,(H2,17,18,19). The molecule has 4 nitrogen and oxygen atoms in total. The van der Waals surface area contributed by atoms with Gasteiger partial charge >= 0.3 is 0 Å². The van der Waals surface area contributed by atoms with Crippen molar-refractivity contribution >= 4 is 23.4 Å². The number of halogens is 2. The quantitative estimate of drug-likeness (QED) is 0.809. The fraction of sp³-hybridized carbons (Fsp3) is 0.643. The van der Waals surface area contributed by atoms with Crippen molar-refractivity contribution in [3.8, 4) is 0 Å². The van der Waals surface area contributed by atoms with Crippen molar-refractivity contribution < 1.29 is 8.78 Å². The van der Waals surface area contributed by atoms with Crippen molar-refractivity contribution in [2.75, 3.05) is 54.9 Å². The summed E-state index contributed by atoms with van der Waals surface area (Å²) in [5.41, 5.74) is 0. The minimum absolute atomic E-state index is 0.107. The molecule has 0 saturated carbocycles. The summed E-state index contributed by atoms with van der Waals surface area (Å²) in [5.74, 6) is 1.21. The maximum Gasteiger partial charge on any atom is 0.168 e. The zero-order valence-corrected chi connectivity index (χ0v) is 13.1. The first kappa shape index (κ1) is 16.3. The van der Waals surface area contributed by atoms with E-state index in [2.05, 4.69) is 20.5 Å². The van der Waals surface area contributed by atoms with E-state index >= 15 is 0 Å². The molecular formula is C14H22F2N4S. The summed E-state index contributed by atoms with van der Waals surface area (Å²) in [4.78, 5) is 6.33. The predicted octanol–water partition coefficient (Wildman–Crippen LogP) is 2.64. The summed E-state index contributed by atoms with van der Waals surface area (Å²) in [6.45, 7) is 6.17. The molecule has 1 aromatic rings. The number of rotatable bonds is 7. The third-order valence-corrected chi connectivity index (χ3v) is 4.24. The van der Waals surface area contributed by atoms with Gasteiger partial charge in [-0.1, -0.05) is 6.92 Å². The molecule has 7 heteroatoms. The molecule has 2 heterocycles. The summed E-state index contributed by atoms with van der Waals surface area (Å²) < 4.78 is 27.3. The first-order valence-electron chi connectivity index (χ1n) is 7.34. The minimum Gasteiger partial charge on any atom is -0.368 e. The topological polar surface area (TPSA) is 40.2 Å². The Morgan fingerprint density at radius 1 is 1.14 bits per heavy atom. The monoisotopic (exact) mass is 316 g/mol. The summed E-state index contributed by atoms with van der Waals surface area (Å²) in [6.07, 6.45) is 0.855. The van der Waals surface area contributed by atoms with Gasteiger partial charge in [-0.3, -0.25) is 4.90 Å². The highest BCUT2D eigenvalue weighted by atomic mass is 32.2. The van der Waals surface area contributed by atoms with Crippen LogP contribution >= 0.6 is 11.8 Å². The van der Waals surface area contributed by atoms with Crippen LogP contribution in [-0.2, 0) is 0 Å².